The molecule has 3 fully saturated rings. The van der Waals surface area contributed by atoms with Gasteiger partial charge in [-0.15, -0.1) is 16.9 Å². The summed E-state index contributed by atoms with van der Waals surface area (Å²) in [7, 11) is 0. The summed E-state index contributed by atoms with van der Waals surface area (Å²) in [4.78, 5) is 51.8. The molecule has 0 saturated carbocycles. The summed E-state index contributed by atoms with van der Waals surface area (Å²) >= 11 is 1.74. The molecule has 2 atom stereocenters. The Bertz CT molecular complexity index is 1310. The van der Waals surface area contributed by atoms with Crippen molar-refractivity contribution in [1.82, 2.24) is 29.3 Å². The van der Waals surface area contributed by atoms with Gasteiger partial charge >= 0.3 is 12.1 Å². The van der Waals surface area contributed by atoms with E-state index in [1.807, 2.05) is 51.7 Å². The third-order valence-corrected chi connectivity index (χ3v) is 9.11. The van der Waals surface area contributed by atoms with Crippen LogP contribution in [-0.4, -0.2) is 122 Å². The van der Waals surface area contributed by atoms with Crippen molar-refractivity contribution in [2.24, 2.45) is 0 Å². The van der Waals surface area contributed by atoms with Crippen molar-refractivity contribution in [3.63, 3.8) is 0 Å². The largest absolute Gasteiger partial charge is 0.465 e. The number of rotatable bonds is 6. The molecule has 3 aliphatic rings. The monoisotopic (exact) mass is 601 g/mol. The van der Waals surface area contributed by atoms with Crippen LogP contribution in [0.2, 0.25) is 0 Å². The molecule has 0 bridgehead atoms. The van der Waals surface area contributed by atoms with Gasteiger partial charge in [-0.3, -0.25) is 19.4 Å². The van der Waals surface area contributed by atoms with E-state index in [1.54, 1.807) is 34.3 Å². The predicted molar refractivity (Wildman–Crippen MR) is 161 cm³/mol. The molecule has 2 amide bonds. The number of hydrogen-bond acceptors (Lipinski definition) is 10. The molecule has 230 valence electrons. The standard InChI is InChI=1S/C29H43N7O5S/c1-7-40-26(38)29(5,6)22-18-36-23(30-22)8-9-24(31-36)33-12-10-32(11-13-33)20-16-21(25(37)34-14-15-42-19-34)35(17-20)27(39)41-28(2,3)4/h8-9,18,20-21H,7,10-17,19H2,1-6H3/t20-,21-/m0/s1. The molecule has 5 heterocycles. The number of thioether (sulfide) groups is 1. The Morgan fingerprint density at radius 2 is 1.79 bits per heavy atom. The van der Waals surface area contributed by atoms with Crippen molar-refractivity contribution in [3.05, 3.63) is 24.0 Å². The maximum atomic E-state index is 13.4. The van der Waals surface area contributed by atoms with Crippen LogP contribution in [0.15, 0.2) is 18.3 Å². The van der Waals surface area contributed by atoms with Gasteiger partial charge in [0.25, 0.3) is 0 Å². The Morgan fingerprint density at radius 3 is 2.43 bits per heavy atom. The van der Waals surface area contributed by atoms with Gasteiger partial charge < -0.3 is 19.3 Å². The Hall–Kier alpha value is -3.06. The predicted octanol–water partition coefficient (Wildman–Crippen LogP) is 2.60. The SMILES string of the molecule is CCOC(=O)C(C)(C)c1cn2nc(N3CCN([C@H]4C[C@@H](C(=O)N5CCSC5)N(C(=O)OC(C)(C)C)C4)CC3)ccc2n1. The van der Waals surface area contributed by atoms with Crippen LogP contribution in [0, 0.1) is 0 Å². The number of likely N-dealkylation sites (tertiary alicyclic amines) is 1. The number of esters is 1. The van der Waals surface area contributed by atoms with E-state index in [0.29, 0.717) is 36.8 Å². The van der Waals surface area contributed by atoms with Crippen LogP contribution in [0.4, 0.5) is 10.6 Å². The highest BCUT2D eigenvalue weighted by Gasteiger charge is 2.45. The first-order valence-electron chi connectivity index (χ1n) is 14.8. The van der Waals surface area contributed by atoms with E-state index in [9.17, 15) is 14.4 Å². The molecule has 0 N–H and O–H groups in total. The number of fused-ring (bicyclic) bond motifs is 1. The zero-order chi connectivity index (χ0) is 30.2. The first kappa shape index (κ1) is 30.4. The van der Waals surface area contributed by atoms with Crippen LogP contribution in [-0.2, 0) is 24.5 Å². The molecule has 2 aromatic heterocycles. The zero-order valence-corrected chi connectivity index (χ0v) is 26.4. The fourth-order valence-corrected chi connectivity index (χ4v) is 6.66. The zero-order valence-electron chi connectivity index (χ0n) is 25.5. The molecule has 0 aliphatic carbocycles. The molecule has 5 rings (SSSR count). The molecule has 0 unspecified atom stereocenters. The summed E-state index contributed by atoms with van der Waals surface area (Å²) in [6.45, 7) is 15.6. The summed E-state index contributed by atoms with van der Waals surface area (Å²) in [5, 5.41) is 4.80. The maximum absolute atomic E-state index is 13.4. The second-order valence-corrected chi connectivity index (χ2v) is 13.7. The summed E-state index contributed by atoms with van der Waals surface area (Å²) in [5.74, 6) is 2.15. The van der Waals surface area contributed by atoms with Crippen molar-refractivity contribution < 1.29 is 23.9 Å². The van der Waals surface area contributed by atoms with Crippen LogP contribution in [0.3, 0.4) is 0 Å². The highest BCUT2D eigenvalue weighted by atomic mass is 32.2. The van der Waals surface area contributed by atoms with Gasteiger partial charge in [-0.25, -0.2) is 14.3 Å². The normalized spacial score (nSPS) is 22.2. The number of carbonyl (C=O) groups is 3. The third-order valence-electron chi connectivity index (χ3n) is 8.14. The molecule has 12 nitrogen and oxygen atoms in total. The van der Waals surface area contributed by atoms with Gasteiger partial charge in [0.1, 0.15) is 22.9 Å². The van der Waals surface area contributed by atoms with Gasteiger partial charge in [-0.05, 0) is 60.1 Å². The number of amides is 2. The number of ether oxygens (including phenoxy) is 2. The number of imidazole rings is 1. The van der Waals surface area contributed by atoms with Crippen molar-refractivity contribution >= 4 is 41.2 Å². The molecule has 42 heavy (non-hydrogen) atoms. The Kier molecular flexibility index (Phi) is 8.62. The van der Waals surface area contributed by atoms with E-state index in [2.05, 4.69) is 14.8 Å². The fourth-order valence-electron chi connectivity index (χ4n) is 5.71. The van der Waals surface area contributed by atoms with Crippen molar-refractivity contribution in [1.29, 1.82) is 0 Å². The number of aromatic nitrogens is 3. The first-order chi connectivity index (χ1) is 19.9. The summed E-state index contributed by atoms with van der Waals surface area (Å²) in [6, 6.07) is 3.46. The lowest BCUT2D eigenvalue weighted by molar-refractivity contribution is -0.149. The van der Waals surface area contributed by atoms with Gasteiger partial charge in [0.05, 0.1) is 24.4 Å². The average Bonchev–Trinajstić information content (AvgIpc) is 3.71. The Labute approximate surface area is 251 Å². The highest BCUT2D eigenvalue weighted by Crippen LogP contribution is 2.29. The molecule has 3 aliphatic heterocycles. The summed E-state index contributed by atoms with van der Waals surface area (Å²) in [6.07, 6.45) is 1.99. The molecule has 2 aromatic rings. The van der Waals surface area contributed by atoms with E-state index >= 15 is 0 Å². The minimum Gasteiger partial charge on any atom is -0.465 e. The van der Waals surface area contributed by atoms with Crippen LogP contribution in [0.25, 0.3) is 5.65 Å². The van der Waals surface area contributed by atoms with Crippen molar-refractivity contribution in [2.45, 2.75) is 71.1 Å². The summed E-state index contributed by atoms with van der Waals surface area (Å²) < 4.78 is 12.7. The molecule has 13 heteroatoms. The van der Waals surface area contributed by atoms with E-state index < -0.39 is 23.2 Å². The van der Waals surface area contributed by atoms with E-state index in [-0.39, 0.29) is 17.9 Å². The highest BCUT2D eigenvalue weighted by molar-refractivity contribution is 7.99. The lowest BCUT2D eigenvalue weighted by Gasteiger charge is -2.38. The van der Waals surface area contributed by atoms with Gasteiger partial charge in [-0.2, -0.15) is 0 Å². The minimum absolute atomic E-state index is 0.0235. The number of anilines is 1. The molecule has 0 aromatic carbocycles. The van der Waals surface area contributed by atoms with Gasteiger partial charge in [0.2, 0.25) is 5.91 Å². The number of nitrogens with zero attached hydrogens (tertiary/aromatic N) is 7. The molecule has 3 saturated heterocycles. The van der Waals surface area contributed by atoms with Crippen LogP contribution >= 0.6 is 11.8 Å². The van der Waals surface area contributed by atoms with Gasteiger partial charge in [0, 0.05) is 51.1 Å². The summed E-state index contributed by atoms with van der Waals surface area (Å²) in [5.41, 5.74) is -0.221. The van der Waals surface area contributed by atoms with Gasteiger partial charge in [0.15, 0.2) is 5.65 Å². The van der Waals surface area contributed by atoms with Crippen LogP contribution in [0.5, 0.6) is 0 Å². The molecular weight excluding hydrogens is 558 g/mol. The third kappa shape index (κ3) is 6.31. The lowest BCUT2D eigenvalue weighted by atomic mass is 9.90. The van der Waals surface area contributed by atoms with E-state index in [0.717, 1.165) is 44.3 Å². The topological polar surface area (TPSA) is 113 Å². The number of carbonyl (C=O) groups excluding carboxylic acids is 3. The van der Waals surface area contributed by atoms with Crippen LogP contribution < -0.4 is 4.90 Å². The van der Waals surface area contributed by atoms with Crippen LogP contribution in [0.1, 0.15) is 53.7 Å². The minimum atomic E-state index is -0.878. The smallest absolute Gasteiger partial charge is 0.411 e. The maximum Gasteiger partial charge on any atom is 0.411 e. The lowest BCUT2D eigenvalue weighted by Crippen LogP contribution is -2.51. The fraction of sp³-hybridized carbons (Fsp3) is 0.690. The van der Waals surface area contributed by atoms with E-state index in [4.69, 9.17) is 14.6 Å². The number of piperazine rings is 1. The van der Waals surface area contributed by atoms with Crippen molar-refractivity contribution in [3.8, 4) is 0 Å². The Balaban J connectivity index is 1.25. The quantitative estimate of drug-likeness (QED) is 0.458. The van der Waals surface area contributed by atoms with E-state index in [1.165, 1.54) is 0 Å². The van der Waals surface area contributed by atoms with Gasteiger partial charge in [-0.1, -0.05) is 0 Å². The van der Waals surface area contributed by atoms with Crippen molar-refractivity contribution in [2.75, 3.05) is 62.4 Å². The second-order valence-electron chi connectivity index (χ2n) is 12.7. The second kappa shape index (κ2) is 11.9. The first-order valence-corrected chi connectivity index (χ1v) is 15.9. The number of hydrogen-bond donors (Lipinski definition) is 0. The molecule has 0 radical (unpaired) electrons. The Morgan fingerprint density at radius 1 is 1.05 bits per heavy atom. The average molecular weight is 602 g/mol. The molecule has 0 spiro atoms. The molecular formula is C29H43N7O5S.